The fourth-order valence-electron chi connectivity index (χ4n) is 3.51. The zero-order valence-electron chi connectivity index (χ0n) is 18.1. The quantitative estimate of drug-likeness (QED) is 0.279. The Bertz CT molecular complexity index is 1300. The van der Waals surface area contributed by atoms with Gasteiger partial charge in [0.05, 0.1) is 10.2 Å². The first kappa shape index (κ1) is 22.5. The lowest BCUT2D eigenvalue weighted by Crippen LogP contribution is -2.12. The lowest BCUT2D eigenvalue weighted by molar-refractivity contribution is 0.102. The minimum absolute atomic E-state index is 0.152. The highest BCUT2D eigenvalue weighted by molar-refractivity contribution is 9.10. The summed E-state index contributed by atoms with van der Waals surface area (Å²) in [5, 5.41) is 13.4. The second kappa shape index (κ2) is 10.3. The normalized spacial score (nSPS) is 11.0. The van der Waals surface area contributed by atoms with Gasteiger partial charge in [0.1, 0.15) is 5.75 Å². The first-order valence-electron chi connectivity index (χ1n) is 10.6. The molecule has 0 radical (unpaired) electrons. The molecule has 4 aromatic carbocycles. The molecule has 0 aliphatic rings. The fraction of sp³-hybridized carbons (Fsp3) is 0.0714. The van der Waals surface area contributed by atoms with Crippen molar-refractivity contribution >= 4 is 39.4 Å². The second-order valence-electron chi connectivity index (χ2n) is 7.76. The summed E-state index contributed by atoms with van der Waals surface area (Å²) in [7, 11) is 0. The molecule has 0 atom stereocenters. The third-order valence-corrected chi connectivity index (χ3v) is 5.86. The standard InChI is InChI=1S/C28H23BrN2O2/c1-19-14-24(12-13-26(19)31-28(33)22-10-6-3-7-11-22)30-18-23-16-21(17-25(29)27(23)32)15-20-8-4-2-5-9-20/h2-14,16-18,32H,15H2,1H3,(H,31,33). The maximum Gasteiger partial charge on any atom is 0.255 e. The predicted molar refractivity (Wildman–Crippen MR) is 138 cm³/mol. The highest BCUT2D eigenvalue weighted by Gasteiger charge is 2.09. The van der Waals surface area contributed by atoms with Gasteiger partial charge in [-0.1, -0.05) is 48.5 Å². The van der Waals surface area contributed by atoms with Crippen molar-refractivity contribution < 1.29 is 9.90 Å². The van der Waals surface area contributed by atoms with Gasteiger partial charge in [-0.25, -0.2) is 0 Å². The third-order valence-electron chi connectivity index (χ3n) is 5.25. The molecule has 0 saturated carbocycles. The van der Waals surface area contributed by atoms with Crippen LogP contribution in [-0.2, 0) is 6.42 Å². The largest absolute Gasteiger partial charge is 0.506 e. The van der Waals surface area contributed by atoms with Gasteiger partial charge in [-0.3, -0.25) is 9.79 Å². The number of aryl methyl sites for hydroxylation is 1. The Morgan fingerprint density at radius 3 is 2.33 bits per heavy atom. The molecule has 0 bridgehead atoms. The number of nitrogens with one attached hydrogen (secondary N) is 1. The van der Waals surface area contributed by atoms with Gasteiger partial charge < -0.3 is 10.4 Å². The number of phenolic OH excluding ortho intramolecular Hbond substituents is 1. The van der Waals surface area contributed by atoms with E-state index in [0.29, 0.717) is 15.6 Å². The number of nitrogens with zero attached hydrogens (tertiary/aromatic N) is 1. The topological polar surface area (TPSA) is 61.7 Å². The monoisotopic (exact) mass is 498 g/mol. The summed E-state index contributed by atoms with van der Waals surface area (Å²) in [6, 6.07) is 28.7. The van der Waals surface area contributed by atoms with Crippen LogP contribution in [0.25, 0.3) is 0 Å². The van der Waals surface area contributed by atoms with E-state index in [2.05, 4.69) is 38.4 Å². The molecule has 164 valence electrons. The van der Waals surface area contributed by atoms with Crippen LogP contribution in [0.15, 0.2) is 100 Å². The number of amides is 1. The van der Waals surface area contributed by atoms with Crippen LogP contribution in [0.5, 0.6) is 5.75 Å². The number of aliphatic imine (C=N–C) groups is 1. The Labute approximate surface area is 201 Å². The molecule has 33 heavy (non-hydrogen) atoms. The van der Waals surface area contributed by atoms with Gasteiger partial charge in [-0.15, -0.1) is 0 Å². The average Bonchev–Trinajstić information content (AvgIpc) is 2.83. The summed E-state index contributed by atoms with van der Waals surface area (Å²) < 4.78 is 0.632. The van der Waals surface area contributed by atoms with Crippen molar-refractivity contribution in [2.75, 3.05) is 5.32 Å². The summed E-state index contributed by atoms with van der Waals surface area (Å²) in [5.41, 5.74) is 5.87. The van der Waals surface area contributed by atoms with Gasteiger partial charge >= 0.3 is 0 Å². The van der Waals surface area contributed by atoms with Crippen molar-refractivity contribution in [3.8, 4) is 5.75 Å². The van der Waals surface area contributed by atoms with Crippen LogP contribution in [0.3, 0.4) is 0 Å². The summed E-state index contributed by atoms with van der Waals surface area (Å²) >= 11 is 3.45. The number of anilines is 1. The highest BCUT2D eigenvalue weighted by atomic mass is 79.9. The Hall–Kier alpha value is -3.70. The van der Waals surface area contributed by atoms with Gasteiger partial charge in [0, 0.05) is 23.0 Å². The number of aromatic hydroxyl groups is 1. The number of halogens is 1. The molecule has 0 aliphatic heterocycles. The predicted octanol–water partition coefficient (Wildman–Crippen LogP) is 7.06. The Balaban J connectivity index is 1.51. The van der Waals surface area contributed by atoms with Crippen LogP contribution in [0.2, 0.25) is 0 Å². The van der Waals surface area contributed by atoms with Crippen molar-refractivity contribution in [3.05, 3.63) is 123 Å². The molecule has 0 saturated heterocycles. The van der Waals surface area contributed by atoms with Crippen LogP contribution < -0.4 is 5.32 Å². The first-order chi connectivity index (χ1) is 16.0. The van der Waals surface area contributed by atoms with Gasteiger partial charge in [0.15, 0.2) is 0 Å². The van der Waals surface area contributed by atoms with E-state index in [1.54, 1.807) is 18.3 Å². The molecule has 5 heteroatoms. The van der Waals surface area contributed by atoms with Crippen molar-refractivity contribution in [1.82, 2.24) is 0 Å². The molecular formula is C28H23BrN2O2. The number of carbonyl (C=O) groups excluding carboxylic acids is 1. The molecule has 4 nitrogen and oxygen atoms in total. The Morgan fingerprint density at radius 2 is 1.64 bits per heavy atom. The first-order valence-corrected chi connectivity index (χ1v) is 11.4. The maximum absolute atomic E-state index is 12.4. The molecule has 0 fully saturated rings. The van der Waals surface area contributed by atoms with E-state index < -0.39 is 0 Å². The molecule has 0 unspecified atom stereocenters. The number of rotatable bonds is 6. The zero-order chi connectivity index (χ0) is 23.2. The van der Waals surface area contributed by atoms with Crippen LogP contribution in [0, 0.1) is 6.92 Å². The van der Waals surface area contributed by atoms with E-state index in [1.165, 1.54) is 5.56 Å². The summed E-state index contributed by atoms with van der Waals surface area (Å²) in [5.74, 6) is -0.000942. The van der Waals surface area contributed by atoms with Crippen LogP contribution in [0.1, 0.15) is 32.6 Å². The van der Waals surface area contributed by atoms with Crippen molar-refractivity contribution in [3.63, 3.8) is 0 Å². The van der Waals surface area contributed by atoms with E-state index >= 15 is 0 Å². The molecule has 4 rings (SSSR count). The molecule has 0 aliphatic carbocycles. The second-order valence-corrected chi connectivity index (χ2v) is 8.61. The molecule has 4 aromatic rings. The minimum Gasteiger partial charge on any atom is -0.506 e. The lowest BCUT2D eigenvalue weighted by Gasteiger charge is -2.09. The number of carbonyl (C=O) groups is 1. The van der Waals surface area contributed by atoms with Crippen molar-refractivity contribution in [2.24, 2.45) is 4.99 Å². The molecule has 2 N–H and O–H groups in total. The smallest absolute Gasteiger partial charge is 0.255 e. The number of hydrogen-bond acceptors (Lipinski definition) is 3. The van der Waals surface area contributed by atoms with E-state index in [9.17, 15) is 9.90 Å². The molecule has 1 amide bonds. The SMILES string of the molecule is Cc1cc(N=Cc2cc(Cc3ccccc3)cc(Br)c2O)ccc1NC(=O)c1ccccc1. The maximum atomic E-state index is 12.4. The number of phenols is 1. The van der Waals surface area contributed by atoms with Crippen LogP contribution in [-0.4, -0.2) is 17.2 Å². The van der Waals surface area contributed by atoms with E-state index in [0.717, 1.165) is 28.9 Å². The van der Waals surface area contributed by atoms with Gasteiger partial charge in [0.2, 0.25) is 0 Å². The van der Waals surface area contributed by atoms with Crippen molar-refractivity contribution in [2.45, 2.75) is 13.3 Å². The Morgan fingerprint density at radius 1 is 0.939 bits per heavy atom. The van der Waals surface area contributed by atoms with Crippen molar-refractivity contribution in [1.29, 1.82) is 0 Å². The van der Waals surface area contributed by atoms with E-state index in [1.807, 2.05) is 73.7 Å². The lowest BCUT2D eigenvalue weighted by atomic mass is 10.0. The molecule has 0 aromatic heterocycles. The summed E-state index contributed by atoms with van der Waals surface area (Å²) in [6.45, 7) is 1.92. The van der Waals surface area contributed by atoms with Crippen LogP contribution >= 0.6 is 15.9 Å². The van der Waals surface area contributed by atoms with Gasteiger partial charge in [0.25, 0.3) is 5.91 Å². The summed E-state index contributed by atoms with van der Waals surface area (Å²) in [6.07, 6.45) is 2.42. The fourth-order valence-corrected chi connectivity index (χ4v) is 4.03. The summed E-state index contributed by atoms with van der Waals surface area (Å²) in [4.78, 5) is 17.0. The number of benzene rings is 4. The third kappa shape index (κ3) is 5.76. The van der Waals surface area contributed by atoms with Gasteiger partial charge in [-0.05, 0) is 88.4 Å². The number of hydrogen-bond donors (Lipinski definition) is 2. The van der Waals surface area contributed by atoms with E-state index in [4.69, 9.17) is 0 Å². The highest BCUT2D eigenvalue weighted by Crippen LogP contribution is 2.30. The zero-order valence-corrected chi connectivity index (χ0v) is 19.7. The minimum atomic E-state index is -0.153. The molecular weight excluding hydrogens is 476 g/mol. The average molecular weight is 499 g/mol. The molecule has 0 heterocycles. The Kier molecular flexibility index (Phi) is 7.01. The van der Waals surface area contributed by atoms with E-state index in [-0.39, 0.29) is 11.7 Å². The van der Waals surface area contributed by atoms with Crippen LogP contribution in [0.4, 0.5) is 11.4 Å². The molecule has 0 spiro atoms. The van der Waals surface area contributed by atoms with Gasteiger partial charge in [-0.2, -0.15) is 0 Å².